The second-order valence-electron chi connectivity index (χ2n) is 7.50. The number of ether oxygens (including phenoxy) is 1. The monoisotopic (exact) mass is 458 g/mol. The zero-order valence-corrected chi connectivity index (χ0v) is 18.8. The van der Waals surface area contributed by atoms with Crippen LogP contribution in [-0.2, 0) is 16.2 Å². The first kappa shape index (κ1) is 22.4. The molecule has 1 fully saturated rings. The number of hydrogen-bond donors (Lipinski definition) is 1. The average Bonchev–Trinajstić information content (AvgIpc) is 3.06. The van der Waals surface area contributed by atoms with E-state index >= 15 is 0 Å². The molecule has 1 heterocycles. The number of anilines is 1. The highest BCUT2D eigenvalue weighted by atomic mass is 32.2. The molecule has 1 aliphatic heterocycles. The number of para-hydroxylation sites is 2. The van der Waals surface area contributed by atoms with E-state index in [1.165, 1.54) is 0 Å². The van der Waals surface area contributed by atoms with Gasteiger partial charge >= 0.3 is 0 Å². The van der Waals surface area contributed by atoms with E-state index in [2.05, 4.69) is 11.4 Å². The maximum absolute atomic E-state index is 12.8. The zero-order chi connectivity index (χ0) is 23.2. The van der Waals surface area contributed by atoms with E-state index in [1.54, 1.807) is 30.3 Å². The van der Waals surface area contributed by atoms with Crippen molar-refractivity contribution in [2.45, 2.75) is 13.5 Å². The van der Waals surface area contributed by atoms with E-state index in [4.69, 9.17) is 4.74 Å². The molecular weight excluding hydrogens is 436 g/mol. The van der Waals surface area contributed by atoms with Crippen molar-refractivity contribution in [2.75, 3.05) is 11.9 Å². The lowest BCUT2D eigenvalue weighted by Crippen LogP contribution is -2.36. The molecule has 6 nitrogen and oxygen atoms in total. The van der Waals surface area contributed by atoms with Gasteiger partial charge in [-0.15, -0.1) is 0 Å². The maximum Gasteiger partial charge on any atom is 0.294 e. The van der Waals surface area contributed by atoms with Crippen LogP contribution in [0.1, 0.15) is 16.7 Å². The van der Waals surface area contributed by atoms with Gasteiger partial charge in [0.1, 0.15) is 18.9 Å². The van der Waals surface area contributed by atoms with E-state index in [0.717, 1.165) is 27.8 Å². The van der Waals surface area contributed by atoms with Crippen molar-refractivity contribution in [1.82, 2.24) is 4.90 Å². The van der Waals surface area contributed by atoms with Gasteiger partial charge < -0.3 is 10.1 Å². The van der Waals surface area contributed by atoms with Crippen molar-refractivity contribution < 1.29 is 19.1 Å². The van der Waals surface area contributed by atoms with Gasteiger partial charge in [0.2, 0.25) is 5.91 Å². The molecule has 0 spiro atoms. The topological polar surface area (TPSA) is 75.7 Å². The van der Waals surface area contributed by atoms with Gasteiger partial charge in [-0.3, -0.25) is 19.3 Å². The van der Waals surface area contributed by atoms with E-state index in [1.807, 2.05) is 55.5 Å². The Balaban J connectivity index is 1.45. The van der Waals surface area contributed by atoms with Crippen molar-refractivity contribution in [1.29, 1.82) is 0 Å². The van der Waals surface area contributed by atoms with Crippen LogP contribution in [0.4, 0.5) is 10.5 Å². The van der Waals surface area contributed by atoms with Gasteiger partial charge in [0.05, 0.1) is 4.91 Å². The van der Waals surface area contributed by atoms with Crippen LogP contribution in [0, 0.1) is 6.92 Å². The predicted molar refractivity (Wildman–Crippen MR) is 130 cm³/mol. The molecule has 1 aliphatic rings. The Morgan fingerprint density at radius 1 is 1.00 bits per heavy atom. The molecule has 1 N–H and O–H groups in total. The molecule has 3 aromatic rings. The molecule has 0 atom stereocenters. The van der Waals surface area contributed by atoms with Crippen molar-refractivity contribution in [3.8, 4) is 5.75 Å². The Bertz CT molecular complexity index is 1220. The van der Waals surface area contributed by atoms with E-state index in [9.17, 15) is 14.4 Å². The summed E-state index contributed by atoms with van der Waals surface area (Å²) in [5.41, 5.74) is 3.47. The Morgan fingerprint density at radius 2 is 1.76 bits per heavy atom. The van der Waals surface area contributed by atoms with E-state index in [-0.39, 0.29) is 11.4 Å². The molecule has 3 amide bonds. The molecule has 0 aliphatic carbocycles. The predicted octanol–water partition coefficient (Wildman–Crippen LogP) is 5.25. The fourth-order valence-corrected chi connectivity index (χ4v) is 4.17. The number of rotatable bonds is 7. The van der Waals surface area contributed by atoms with Crippen LogP contribution < -0.4 is 10.1 Å². The minimum atomic E-state index is -0.498. The molecule has 3 aromatic carbocycles. The lowest BCUT2D eigenvalue weighted by Gasteiger charge is -2.12. The van der Waals surface area contributed by atoms with E-state index in [0.29, 0.717) is 23.6 Å². The second kappa shape index (κ2) is 10.2. The molecule has 0 saturated carbocycles. The molecule has 0 aromatic heterocycles. The fraction of sp³-hybridized carbons (Fsp3) is 0.115. The summed E-state index contributed by atoms with van der Waals surface area (Å²) in [5, 5.41) is 2.21. The third-order valence-electron chi connectivity index (χ3n) is 4.92. The van der Waals surface area contributed by atoms with Crippen LogP contribution in [0.25, 0.3) is 6.08 Å². The van der Waals surface area contributed by atoms with Crippen LogP contribution in [0.3, 0.4) is 0 Å². The summed E-state index contributed by atoms with van der Waals surface area (Å²) in [6, 6.07) is 24.2. The highest BCUT2D eigenvalue weighted by Crippen LogP contribution is 2.34. The second-order valence-corrected chi connectivity index (χ2v) is 8.49. The number of benzene rings is 3. The van der Waals surface area contributed by atoms with Crippen LogP contribution in [0.5, 0.6) is 5.75 Å². The van der Waals surface area contributed by atoms with Crippen molar-refractivity contribution >= 4 is 40.6 Å². The first-order valence-corrected chi connectivity index (χ1v) is 11.2. The van der Waals surface area contributed by atoms with Gasteiger partial charge in [-0.25, -0.2) is 0 Å². The Morgan fingerprint density at radius 3 is 2.55 bits per heavy atom. The largest absolute Gasteiger partial charge is 0.488 e. The number of hydrogen-bond acceptors (Lipinski definition) is 5. The molecule has 166 valence electrons. The molecule has 0 radical (unpaired) electrons. The number of aryl methyl sites for hydroxylation is 1. The molecule has 33 heavy (non-hydrogen) atoms. The van der Waals surface area contributed by atoms with Crippen molar-refractivity contribution in [3.05, 3.63) is 100 Å². The summed E-state index contributed by atoms with van der Waals surface area (Å²) in [4.78, 5) is 38.8. The van der Waals surface area contributed by atoms with Gasteiger partial charge in [-0.2, -0.15) is 0 Å². The minimum absolute atomic E-state index is 0.249. The van der Waals surface area contributed by atoms with Crippen molar-refractivity contribution in [3.63, 3.8) is 0 Å². The summed E-state index contributed by atoms with van der Waals surface area (Å²) >= 11 is 0.813. The van der Waals surface area contributed by atoms with Gasteiger partial charge in [0, 0.05) is 11.3 Å². The summed E-state index contributed by atoms with van der Waals surface area (Å²) < 4.78 is 5.98. The number of nitrogens with one attached hydrogen (secondary N) is 1. The number of carbonyl (C=O) groups excluding carboxylic acids is 3. The highest BCUT2D eigenvalue weighted by molar-refractivity contribution is 8.18. The van der Waals surface area contributed by atoms with E-state index < -0.39 is 17.1 Å². The minimum Gasteiger partial charge on any atom is -0.488 e. The maximum atomic E-state index is 12.8. The number of thioether (sulfide) groups is 1. The van der Waals surface area contributed by atoms with Crippen LogP contribution in [-0.4, -0.2) is 28.5 Å². The SMILES string of the molecule is Cc1cccc(COc2ccccc2/C=C2/SC(=O)N(CC(=O)Nc3ccccc3)C2=O)c1. The average molecular weight is 459 g/mol. The standard InChI is InChI=1S/C26H22N2O4S/c1-18-8-7-9-19(14-18)17-32-22-13-6-5-10-20(22)15-23-25(30)28(26(31)33-23)16-24(29)27-21-11-3-2-4-12-21/h2-15H,16-17H2,1H3,(H,27,29)/b23-15+. The summed E-state index contributed by atoms with van der Waals surface area (Å²) in [6.45, 7) is 2.06. The Labute approximate surface area is 196 Å². The van der Waals surface area contributed by atoms with Gasteiger partial charge in [0.15, 0.2) is 0 Å². The quantitative estimate of drug-likeness (QED) is 0.490. The molecule has 7 heteroatoms. The van der Waals surface area contributed by atoms with Gasteiger partial charge in [-0.1, -0.05) is 66.2 Å². The third kappa shape index (κ3) is 5.70. The number of carbonyl (C=O) groups is 3. The molecule has 0 bridgehead atoms. The Kier molecular flexibility index (Phi) is 6.90. The van der Waals surface area contributed by atoms with Crippen LogP contribution in [0.2, 0.25) is 0 Å². The highest BCUT2D eigenvalue weighted by Gasteiger charge is 2.36. The van der Waals surface area contributed by atoms with Gasteiger partial charge in [-0.05, 0) is 48.5 Å². The fourth-order valence-electron chi connectivity index (χ4n) is 3.34. The zero-order valence-electron chi connectivity index (χ0n) is 18.0. The molecule has 0 unspecified atom stereocenters. The van der Waals surface area contributed by atoms with Crippen LogP contribution >= 0.6 is 11.8 Å². The smallest absolute Gasteiger partial charge is 0.294 e. The van der Waals surface area contributed by atoms with Crippen LogP contribution in [0.15, 0.2) is 83.8 Å². The summed E-state index contributed by atoms with van der Waals surface area (Å²) in [7, 11) is 0. The summed E-state index contributed by atoms with van der Waals surface area (Å²) in [6.07, 6.45) is 1.63. The Hall–Kier alpha value is -3.84. The van der Waals surface area contributed by atoms with Gasteiger partial charge in [0.25, 0.3) is 11.1 Å². The number of nitrogens with zero attached hydrogens (tertiary/aromatic N) is 1. The number of imide groups is 1. The lowest BCUT2D eigenvalue weighted by atomic mass is 10.1. The summed E-state index contributed by atoms with van der Waals surface area (Å²) in [5.74, 6) is -0.332. The first-order chi connectivity index (χ1) is 16.0. The van der Waals surface area contributed by atoms with Crippen molar-refractivity contribution in [2.24, 2.45) is 0 Å². The third-order valence-corrected chi connectivity index (χ3v) is 5.82. The number of amides is 3. The molecule has 4 rings (SSSR count). The molecule has 1 saturated heterocycles. The lowest BCUT2D eigenvalue weighted by molar-refractivity contribution is -0.127. The normalized spacial score (nSPS) is 14.6. The molecular formula is C26H22N2O4S. The first-order valence-electron chi connectivity index (χ1n) is 10.4.